The van der Waals surface area contributed by atoms with Gasteiger partial charge in [0.15, 0.2) is 0 Å². The quantitative estimate of drug-likeness (QED) is 0.645. The monoisotopic (exact) mass is 258 g/mol. The molecule has 0 aromatic heterocycles. The molecule has 0 aliphatic heterocycles. The van der Waals surface area contributed by atoms with E-state index in [-0.39, 0.29) is 6.10 Å². The number of aliphatic hydroxyl groups is 1. The largest absolute Gasteiger partial charge is 0.389 e. The maximum Gasteiger partial charge on any atom is 0.0723 e. The molecule has 1 N–H and O–H groups in total. The highest BCUT2D eigenvalue weighted by Crippen LogP contribution is 2.56. The van der Waals surface area contributed by atoms with Gasteiger partial charge < -0.3 is 5.11 Å². The van der Waals surface area contributed by atoms with Crippen molar-refractivity contribution in [3.63, 3.8) is 0 Å². The average molecular weight is 258 g/mol. The fourth-order valence-corrected chi connectivity index (χ4v) is 5.72. The minimum Gasteiger partial charge on any atom is -0.389 e. The Morgan fingerprint density at radius 3 is 2.58 bits per heavy atom. The van der Waals surface area contributed by atoms with Crippen LogP contribution in [0, 0.1) is 23.7 Å². The lowest BCUT2D eigenvalue weighted by atomic mass is 9.57. The Balaban J connectivity index is 1.62. The van der Waals surface area contributed by atoms with Crippen molar-refractivity contribution in [1.29, 1.82) is 0 Å². The lowest BCUT2D eigenvalue weighted by Gasteiger charge is -2.48. The number of aliphatic hydroxyl groups excluding tert-OH is 1. The van der Waals surface area contributed by atoms with Crippen molar-refractivity contribution in [2.24, 2.45) is 23.7 Å². The van der Waals surface area contributed by atoms with Crippen molar-refractivity contribution in [2.45, 2.75) is 64.4 Å². The van der Waals surface area contributed by atoms with Crippen molar-refractivity contribution < 1.29 is 5.11 Å². The van der Waals surface area contributed by atoms with Crippen LogP contribution in [0.2, 0.25) is 0 Å². The van der Waals surface area contributed by atoms with Crippen LogP contribution in [0.4, 0.5) is 0 Å². The Bertz CT molecular complexity index is 445. The lowest BCUT2D eigenvalue weighted by Crippen LogP contribution is -2.39. The number of rotatable bonds is 0. The summed E-state index contributed by atoms with van der Waals surface area (Å²) < 4.78 is 0. The van der Waals surface area contributed by atoms with E-state index in [1.54, 1.807) is 11.1 Å². The summed E-state index contributed by atoms with van der Waals surface area (Å²) in [5.41, 5.74) is 5.19. The Hall–Kier alpha value is -0.560. The zero-order valence-corrected chi connectivity index (χ0v) is 12.1. The first-order valence-corrected chi connectivity index (χ1v) is 8.31. The van der Waals surface area contributed by atoms with E-state index in [0.29, 0.717) is 0 Å². The summed E-state index contributed by atoms with van der Waals surface area (Å²) in [5.74, 6) is 3.67. The topological polar surface area (TPSA) is 20.2 Å². The van der Waals surface area contributed by atoms with Crippen LogP contribution in [-0.2, 0) is 0 Å². The van der Waals surface area contributed by atoms with E-state index in [0.717, 1.165) is 30.1 Å². The maximum absolute atomic E-state index is 9.85. The highest BCUT2D eigenvalue weighted by atomic mass is 16.3. The first-order chi connectivity index (χ1) is 9.24. The highest BCUT2D eigenvalue weighted by molar-refractivity contribution is 5.28. The second kappa shape index (κ2) is 4.48. The zero-order valence-electron chi connectivity index (χ0n) is 12.1. The van der Waals surface area contributed by atoms with Crippen molar-refractivity contribution in [3.05, 3.63) is 22.8 Å². The molecule has 1 heteroatoms. The standard InChI is InChI=1S/C18H26O/c1-11-2-5-16-14(11)8-9-17-15-7-4-13(19)10-12(15)3-6-18(16)17/h10,13,15-19H,2-9H2,1H3. The summed E-state index contributed by atoms with van der Waals surface area (Å²) in [6.45, 7) is 2.38. The average Bonchev–Trinajstić information content (AvgIpc) is 2.80. The summed E-state index contributed by atoms with van der Waals surface area (Å²) >= 11 is 0. The molecule has 5 atom stereocenters. The van der Waals surface area contributed by atoms with Crippen LogP contribution in [0.25, 0.3) is 0 Å². The van der Waals surface area contributed by atoms with Gasteiger partial charge >= 0.3 is 0 Å². The van der Waals surface area contributed by atoms with Gasteiger partial charge in [0.1, 0.15) is 0 Å². The van der Waals surface area contributed by atoms with Crippen molar-refractivity contribution in [2.75, 3.05) is 0 Å². The molecule has 1 nitrogen and oxygen atoms in total. The molecule has 0 aromatic rings. The molecule has 104 valence electrons. The van der Waals surface area contributed by atoms with E-state index >= 15 is 0 Å². The third-order valence-electron chi connectivity index (χ3n) is 6.58. The van der Waals surface area contributed by atoms with Gasteiger partial charge in [0, 0.05) is 0 Å². The molecule has 2 saturated carbocycles. The van der Waals surface area contributed by atoms with Crippen LogP contribution in [0.1, 0.15) is 58.3 Å². The van der Waals surface area contributed by atoms with Crippen LogP contribution >= 0.6 is 0 Å². The molecule has 0 radical (unpaired) electrons. The lowest BCUT2D eigenvalue weighted by molar-refractivity contribution is 0.0899. The first-order valence-electron chi connectivity index (χ1n) is 8.31. The van der Waals surface area contributed by atoms with Crippen molar-refractivity contribution in [1.82, 2.24) is 0 Å². The minimum absolute atomic E-state index is 0.143. The SMILES string of the molecule is CC1=C2CCC3C4CCC(O)C=C4CCC3C2CC1. The summed E-state index contributed by atoms with van der Waals surface area (Å²) in [6, 6.07) is 0. The molecular formula is C18H26O. The Morgan fingerprint density at radius 2 is 1.68 bits per heavy atom. The fourth-order valence-electron chi connectivity index (χ4n) is 5.72. The predicted octanol–water partition coefficient (Wildman–Crippen LogP) is 4.23. The molecule has 0 heterocycles. The van der Waals surface area contributed by atoms with E-state index in [1.807, 2.05) is 5.57 Å². The van der Waals surface area contributed by atoms with Crippen LogP contribution in [0.15, 0.2) is 22.8 Å². The van der Waals surface area contributed by atoms with Gasteiger partial charge in [0.05, 0.1) is 6.10 Å². The fraction of sp³-hybridized carbons (Fsp3) is 0.778. The van der Waals surface area contributed by atoms with Gasteiger partial charge in [-0.15, -0.1) is 0 Å². The van der Waals surface area contributed by atoms with Gasteiger partial charge in [-0.3, -0.25) is 0 Å². The maximum atomic E-state index is 9.85. The molecule has 0 bridgehead atoms. The highest BCUT2D eigenvalue weighted by Gasteiger charge is 2.45. The van der Waals surface area contributed by atoms with Crippen molar-refractivity contribution >= 4 is 0 Å². The van der Waals surface area contributed by atoms with Crippen LogP contribution in [0.5, 0.6) is 0 Å². The third-order valence-corrected chi connectivity index (χ3v) is 6.58. The van der Waals surface area contributed by atoms with Crippen LogP contribution < -0.4 is 0 Å². The van der Waals surface area contributed by atoms with Gasteiger partial charge in [-0.1, -0.05) is 22.8 Å². The van der Waals surface area contributed by atoms with Crippen LogP contribution in [-0.4, -0.2) is 11.2 Å². The molecule has 5 unspecified atom stereocenters. The first kappa shape index (κ1) is 12.2. The van der Waals surface area contributed by atoms with Gasteiger partial charge in [-0.25, -0.2) is 0 Å². The van der Waals surface area contributed by atoms with Crippen molar-refractivity contribution in [3.8, 4) is 0 Å². The van der Waals surface area contributed by atoms with E-state index < -0.39 is 0 Å². The summed E-state index contributed by atoms with van der Waals surface area (Å²) in [6.07, 6.45) is 12.6. The van der Waals surface area contributed by atoms with Gasteiger partial charge in [0.25, 0.3) is 0 Å². The summed E-state index contributed by atoms with van der Waals surface area (Å²) in [7, 11) is 0. The Morgan fingerprint density at radius 1 is 0.895 bits per heavy atom. The number of fused-ring (bicyclic) bond motifs is 5. The molecule has 4 aliphatic carbocycles. The molecule has 4 rings (SSSR count). The molecule has 0 aromatic carbocycles. The normalized spacial score (nSPS) is 45.4. The molecule has 0 amide bonds. The summed E-state index contributed by atoms with van der Waals surface area (Å²) in [5, 5.41) is 9.85. The smallest absolute Gasteiger partial charge is 0.0723 e. The third kappa shape index (κ3) is 1.85. The summed E-state index contributed by atoms with van der Waals surface area (Å²) in [4.78, 5) is 0. The van der Waals surface area contributed by atoms with Gasteiger partial charge in [-0.05, 0) is 82.0 Å². The van der Waals surface area contributed by atoms with E-state index in [9.17, 15) is 5.11 Å². The predicted molar refractivity (Wildman–Crippen MR) is 77.7 cm³/mol. The number of hydrogen-bond acceptors (Lipinski definition) is 1. The minimum atomic E-state index is -0.143. The second-order valence-electron chi connectivity index (χ2n) is 7.35. The van der Waals surface area contributed by atoms with Gasteiger partial charge in [0.2, 0.25) is 0 Å². The van der Waals surface area contributed by atoms with E-state index in [1.165, 1.54) is 44.9 Å². The van der Waals surface area contributed by atoms with E-state index in [4.69, 9.17) is 0 Å². The number of allylic oxidation sites excluding steroid dienone is 3. The molecule has 0 saturated heterocycles. The zero-order chi connectivity index (χ0) is 13.0. The molecule has 0 spiro atoms. The molecular weight excluding hydrogens is 232 g/mol. The molecule has 4 aliphatic rings. The second-order valence-corrected chi connectivity index (χ2v) is 7.35. The van der Waals surface area contributed by atoms with E-state index in [2.05, 4.69) is 13.0 Å². The molecule has 19 heavy (non-hydrogen) atoms. The molecule has 2 fully saturated rings. The Labute approximate surface area is 116 Å². The van der Waals surface area contributed by atoms with Crippen LogP contribution in [0.3, 0.4) is 0 Å². The number of hydrogen-bond donors (Lipinski definition) is 1. The van der Waals surface area contributed by atoms with Gasteiger partial charge in [-0.2, -0.15) is 0 Å². The Kier molecular flexibility index (Phi) is 2.88.